The van der Waals surface area contributed by atoms with Crippen LogP contribution in [0.3, 0.4) is 0 Å². The number of alkyl carbamates (subject to hydrolysis) is 1. The standard InChI is InChI=1S/C26H36FN5O5/c1-17(32(20-9-10-20)25(33)23-14-28-13-21(37-23)16-35-2)22-15-31(12-4-11-29-26(34)36-3)24(30-22)18-5-7-19(27)8-6-18/h5-8,15,17,20-21,23,28H,4,9-14,16H2,1-3H3,(H,29,34)/t17-,21+,23-/m1/s1. The molecule has 1 aliphatic heterocycles. The number of ether oxygens (including phenoxy) is 3. The summed E-state index contributed by atoms with van der Waals surface area (Å²) in [6, 6.07) is 6.06. The topological polar surface area (TPSA) is 107 Å². The smallest absolute Gasteiger partial charge is 0.406 e. The molecule has 1 saturated heterocycles. The van der Waals surface area contributed by atoms with Gasteiger partial charge in [0.1, 0.15) is 17.7 Å². The van der Waals surface area contributed by atoms with Gasteiger partial charge < -0.3 is 34.3 Å². The van der Waals surface area contributed by atoms with Gasteiger partial charge in [-0.15, -0.1) is 0 Å². The van der Waals surface area contributed by atoms with Crippen LogP contribution in [0.15, 0.2) is 30.5 Å². The predicted molar refractivity (Wildman–Crippen MR) is 134 cm³/mol. The van der Waals surface area contributed by atoms with Crippen LogP contribution >= 0.6 is 0 Å². The van der Waals surface area contributed by atoms with E-state index in [1.165, 1.54) is 19.2 Å². The van der Waals surface area contributed by atoms with Crippen LogP contribution in [0.2, 0.25) is 0 Å². The number of morpholine rings is 1. The van der Waals surface area contributed by atoms with Crippen molar-refractivity contribution in [2.75, 3.05) is 40.5 Å². The van der Waals surface area contributed by atoms with E-state index in [1.54, 1.807) is 19.2 Å². The van der Waals surface area contributed by atoms with E-state index < -0.39 is 12.2 Å². The number of aryl methyl sites for hydroxylation is 1. The van der Waals surface area contributed by atoms with E-state index in [1.807, 2.05) is 22.6 Å². The number of methoxy groups -OCH3 is 2. The van der Waals surface area contributed by atoms with Gasteiger partial charge in [-0.1, -0.05) is 0 Å². The molecule has 2 heterocycles. The lowest BCUT2D eigenvalue weighted by atomic mass is 10.1. The van der Waals surface area contributed by atoms with Gasteiger partial charge in [0, 0.05) is 51.1 Å². The molecule has 1 aromatic carbocycles. The van der Waals surface area contributed by atoms with Gasteiger partial charge in [0.2, 0.25) is 0 Å². The van der Waals surface area contributed by atoms with Crippen molar-refractivity contribution in [1.82, 2.24) is 25.1 Å². The third-order valence-corrected chi connectivity index (χ3v) is 6.65. The van der Waals surface area contributed by atoms with E-state index in [2.05, 4.69) is 15.4 Å². The molecule has 2 amide bonds. The van der Waals surface area contributed by atoms with Crippen molar-refractivity contribution in [3.63, 3.8) is 0 Å². The zero-order valence-corrected chi connectivity index (χ0v) is 21.6. The predicted octanol–water partition coefficient (Wildman–Crippen LogP) is 2.49. The molecule has 0 unspecified atom stereocenters. The zero-order valence-electron chi connectivity index (χ0n) is 21.6. The number of carbonyl (C=O) groups is 2. The first kappa shape index (κ1) is 27.0. The normalized spacial score (nSPS) is 20.3. The minimum Gasteiger partial charge on any atom is -0.453 e. The number of benzene rings is 1. The number of nitrogens with zero attached hydrogens (tertiary/aromatic N) is 3. The van der Waals surface area contributed by atoms with Crippen molar-refractivity contribution in [1.29, 1.82) is 0 Å². The van der Waals surface area contributed by atoms with Gasteiger partial charge in [-0.3, -0.25) is 4.79 Å². The third-order valence-electron chi connectivity index (χ3n) is 6.65. The Bertz CT molecular complexity index is 1060. The summed E-state index contributed by atoms with van der Waals surface area (Å²) in [7, 11) is 2.94. The highest BCUT2D eigenvalue weighted by molar-refractivity contribution is 5.82. The van der Waals surface area contributed by atoms with Crippen molar-refractivity contribution in [3.05, 3.63) is 42.0 Å². The van der Waals surface area contributed by atoms with E-state index in [0.29, 0.717) is 45.0 Å². The van der Waals surface area contributed by atoms with Gasteiger partial charge in [-0.25, -0.2) is 14.2 Å². The van der Waals surface area contributed by atoms with E-state index >= 15 is 0 Å². The minimum atomic E-state index is -0.583. The summed E-state index contributed by atoms with van der Waals surface area (Å²) in [5.74, 6) is 0.304. The summed E-state index contributed by atoms with van der Waals surface area (Å²) in [6.07, 6.45) is 3.24. The molecule has 202 valence electrons. The molecule has 11 heteroatoms. The number of halogens is 1. The van der Waals surface area contributed by atoms with Crippen LogP contribution in [0.25, 0.3) is 11.4 Å². The van der Waals surface area contributed by atoms with Crippen molar-refractivity contribution in [2.45, 2.75) is 57.0 Å². The Labute approximate surface area is 216 Å². The number of aromatic nitrogens is 2. The van der Waals surface area contributed by atoms with Crippen LogP contribution in [-0.4, -0.2) is 85.2 Å². The van der Waals surface area contributed by atoms with E-state index in [9.17, 15) is 14.0 Å². The molecule has 0 spiro atoms. The summed E-state index contributed by atoms with van der Waals surface area (Å²) < 4.78 is 31.5. The Morgan fingerprint density at radius 3 is 2.70 bits per heavy atom. The Kier molecular flexibility index (Phi) is 9.12. The number of amides is 2. The first-order valence-corrected chi connectivity index (χ1v) is 12.7. The highest BCUT2D eigenvalue weighted by Crippen LogP contribution is 2.36. The lowest BCUT2D eigenvalue weighted by molar-refractivity contribution is -0.156. The fourth-order valence-electron chi connectivity index (χ4n) is 4.63. The lowest BCUT2D eigenvalue weighted by Gasteiger charge is -2.36. The second kappa shape index (κ2) is 12.5. The maximum absolute atomic E-state index is 13.6. The molecule has 2 aliphatic rings. The zero-order chi connectivity index (χ0) is 26.4. The Morgan fingerprint density at radius 1 is 1.27 bits per heavy atom. The van der Waals surface area contributed by atoms with E-state index in [0.717, 1.165) is 24.1 Å². The molecule has 37 heavy (non-hydrogen) atoms. The van der Waals surface area contributed by atoms with Crippen molar-refractivity contribution >= 4 is 12.0 Å². The van der Waals surface area contributed by atoms with Gasteiger partial charge in [-0.05, 0) is 50.5 Å². The fourth-order valence-corrected chi connectivity index (χ4v) is 4.63. The van der Waals surface area contributed by atoms with Crippen LogP contribution in [0.4, 0.5) is 9.18 Å². The Morgan fingerprint density at radius 2 is 2.03 bits per heavy atom. The summed E-state index contributed by atoms with van der Waals surface area (Å²) in [5, 5.41) is 5.96. The van der Waals surface area contributed by atoms with Crippen molar-refractivity contribution in [2.24, 2.45) is 0 Å². The average molecular weight is 518 g/mol. The molecule has 0 radical (unpaired) electrons. The maximum Gasteiger partial charge on any atom is 0.406 e. The lowest BCUT2D eigenvalue weighted by Crippen LogP contribution is -2.54. The first-order chi connectivity index (χ1) is 17.9. The van der Waals surface area contributed by atoms with Crippen LogP contribution in [-0.2, 0) is 25.5 Å². The molecule has 2 aromatic rings. The first-order valence-electron chi connectivity index (χ1n) is 12.7. The maximum atomic E-state index is 13.6. The molecule has 4 rings (SSSR count). The van der Waals surface area contributed by atoms with Crippen LogP contribution in [0.1, 0.15) is 37.9 Å². The quantitative estimate of drug-likeness (QED) is 0.441. The summed E-state index contributed by atoms with van der Waals surface area (Å²) in [5.41, 5.74) is 1.52. The Balaban J connectivity index is 1.55. The highest BCUT2D eigenvalue weighted by atomic mass is 19.1. The van der Waals surface area contributed by atoms with Crippen LogP contribution in [0.5, 0.6) is 0 Å². The molecule has 1 saturated carbocycles. The molecule has 2 fully saturated rings. The van der Waals surface area contributed by atoms with Crippen molar-refractivity contribution < 1.29 is 28.2 Å². The molecular formula is C26H36FN5O5. The van der Waals surface area contributed by atoms with E-state index in [4.69, 9.17) is 14.5 Å². The largest absolute Gasteiger partial charge is 0.453 e. The van der Waals surface area contributed by atoms with Gasteiger partial charge >= 0.3 is 6.09 Å². The van der Waals surface area contributed by atoms with Gasteiger partial charge in [0.25, 0.3) is 5.91 Å². The molecule has 1 aromatic heterocycles. The van der Waals surface area contributed by atoms with Gasteiger partial charge in [0.05, 0.1) is 31.6 Å². The van der Waals surface area contributed by atoms with Crippen LogP contribution in [0, 0.1) is 5.82 Å². The van der Waals surface area contributed by atoms with Crippen molar-refractivity contribution in [3.8, 4) is 11.4 Å². The number of rotatable bonds is 11. The molecule has 10 nitrogen and oxygen atoms in total. The summed E-state index contributed by atoms with van der Waals surface area (Å²) >= 11 is 0. The van der Waals surface area contributed by atoms with Gasteiger partial charge in [-0.2, -0.15) is 0 Å². The monoisotopic (exact) mass is 517 g/mol. The minimum absolute atomic E-state index is 0.0523. The number of hydrogen-bond donors (Lipinski definition) is 2. The van der Waals surface area contributed by atoms with Crippen LogP contribution < -0.4 is 10.6 Å². The van der Waals surface area contributed by atoms with E-state index in [-0.39, 0.29) is 29.9 Å². The number of carbonyl (C=O) groups excluding carboxylic acids is 2. The average Bonchev–Trinajstić information content (AvgIpc) is 3.65. The highest BCUT2D eigenvalue weighted by Gasteiger charge is 2.41. The second-order valence-electron chi connectivity index (χ2n) is 9.47. The number of hydrogen-bond acceptors (Lipinski definition) is 7. The number of nitrogens with one attached hydrogen (secondary N) is 2. The summed E-state index contributed by atoms with van der Waals surface area (Å²) in [6.45, 7) is 4.51. The third kappa shape index (κ3) is 6.85. The molecule has 0 bridgehead atoms. The molecular weight excluding hydrogens is 481 g/mol. The Hall–Kier alpha value is -3.02. The molecule has 1 aliphatic carbocycles. The summed E-state index contributed by atoms with van der Waals surface area (Å²) in [4.78, 5) is 31.8. The molecule has 2 N–H and O–H groups in total. The fraction of sp³-hybridized carbons (Fsp3) is 0.577. The second-order valence-corrected chi connectivity index (χ2v) is 9.47. The molecule has 3 atom stereocenters. The van der Waals surface area contributed by atoms with Gasteiger partial charge in [0.15, 0.2) is 0 Å². The SMILES string of the molecule is COC[C@@H]1CNC[C@H](C(=O)N(C2CC2)[C@H](C)c2cn(CCCNC(=O)OC)c(-c3ccc(F)cc3)n2)O1. The number of imidazole rings is 1.